The van der Waals surface area contributed by atoms with Crippen LogP contribution >= 0.6 is 0 Å². The third-order valence-electron chi connectivity index (χ3n) is 6.01. The van der Waals surface area contributed by atoms with Crippen molar-refractivity contribution in [2.24, 2.45) is 11.1 Å². The summed E-state index contributed by atoms with van der Waals surface area (Å²) in [5.74, 6) is 0.282. The summed E-state index contributed by atoms with van der Waals surface area (Å²) >= 11 is 0. The Balaban J connectivity index is 1.65. The van der Waals surface area contributed by atoms with E-state index in [9.17, 15) is 9.90 Å². The number of pyridine rings is 1. The Hall–Kier alpha value is -2.40. The number of hydrogen-bond acceptors (Lipinski definition) is 4. The number of benzene rings is 1. The van der Waals surface area contributed by atoms with Crippen LogP contribution in [-0.2, 0) is 19.3 Å². The van der Waals surface area contributed by atoms with Crippen molar-refractivity contribution >= 4 is 11.7 Å². The average Bonchev–Trinajstić information content (AvgIpc) is 3.15. The molecule has 27 heavy (non-hydrogen) atoms. The third-order valence-corrected chi connectivity index (χ3v) is 6.01. The number of amides is 1. The number of aliphatic hydroxyl groups is 1. The summed E-state index contributed by atoms with van der Waals surface area (Å²) in [4.78, 5) is 19.1. The smallest absolute Gasteiger partial charge is 0.252 e. The van der Waals surface area contributed by atoms with Crippen molar-refractivity contribution in [3.8, 4) is 0 Å². The molecule has 3 N–H and O–H groups in total. The van der Waals surface area contributed by atoms with E-state index in [0.717, 1.165) is 56.3 Å². The first-order valence-electron chi connectivity index (χ1n) is 9.83. The van der Waals surface area contributed by atoms with Crippen molar-refractivity contribution in [3.05, 3.63) is 58.8 Å². The number of nitrogens with two attached hydrogens (primary N) is 1. The summed E-state index contributed by atoms with van der Waals surface area (Å²) in [6.45, 7) is 1.64. The first-order chi connectivity index (χ1) is 13.1. The number of anilines is 1. The Morgan fingerprint density at radius 2 is 2.04 bits per heavy atom. The molecule has 142 valence electrons. The Bertz CT molecular complexity index is 837. The van der Waals surface area contributed by atoms with Crippen LogP contribution < -0.4 is 10.6 Å². The molecule has 1 fully saturated rings. The second-order valence-electron chi connectivity index (χ2n) is 8.03. The molecule has 1 aliphatic heterocycles. The summed E-state index contributed by atoms with van der Waals surface area (Å²) in [5.41, 5.74) is 9.45. The van der Waals surface area contributed by atoms with E-state index in [4.69, 9.17) is 10.7 Å². The van der Waals surface area contributed by atoms with Crippen LogP contribution in [0.5, 0.6) is 0 Å². The minimum Gasteiger partial charge on any atom is -0.396 e. The molecule has 2 heterocycles. The summed E-state index contributed by atoms with van der Waals surface area (Å²) in [5, 5.41) is 10.3. The molecule has 1 aromatic heterocycles. The first kappa shape index (κ1) is 18.0. The molecule has 0 bridgehead atoms. The predicted molar refractivity (Wildman–Crippen MR) is 106 cm³/mol. The topological polar surface area (TPSA) is 79.5 Å². The third kappa shape index (κ3) is 3.56. The van der Waals surface area contributed by atoms with E-state index >= 15 is 0 Å². The highest BCUT2D eigenvalue weighted by Crippen LogP contribution is 2.37. The lowest BCUT2D eigenvalue weighted by atomic mass is 9.75. The molecule has 5 nitrogen and oxygen atoms in total. The number of aliphatic hydroxyl groups excluding tert-OH is 1. The van der Waals surface area contributed by atoms with Crippen molar-refractivity contribution in [3.63, 3.8) is 0 Å². The van der Waals surface area contributed by atoms with Crippen molar-refractivity contribution in [1.29, 1.82) is 0 Å². The van der Waals surface area contributed by atoms with Crippen LogP contribution in [0.1, 0.15) is 46.4 Å². The molecule has 1 amide bonds. The maximum absolute atomic E-state index is 12.1. The maximum atomic E-state index is 12.1. The first-order valence-corrected chi connectivity index (χ1v) is 9.83. The largest absolute Gasteiger partial charge is 0.396 e. The normalized spacial score (nSPS) is 21.9. The Morgan fingerprint density at radius 1 is 1.22 bits per heavy atom. The minimum atomic E-state index is -0.421. The summed E-state index contributed by atoms with van der Waals surface area (Å²) in [6.07, 6.45) is 5.76. The van der Waals surface area contributed by atoms with Gasteiger partial charge < -0.3 is 15.7 Å². The SMILES string of the molecule is NC(=O)c1cc2c(nc1N1CCCC(CO)(Cc3ccccc3)C1)CCC2. The lowest BCUT2D eigenvalue weighted by molar-refractivity contribution is 0.0994. The molecule has 1 unspecified atom stereocenters. The average molecular weight is 365 g/mol. The quantitative estimate of drug-likeness (QED) is 0.853. The molecule has 0 saturated carbocycles. The summed E-state index contributed by atoms with van der Waals surface area (Å²) in [6, 6.07) is 12.2. The van der Waals surface area contributed by atoms with E-state index in [1.54, 1.807) is 0 Å². The van der Waals surface area contributed by atoms with Gasteiger partial charge in [-0.05, 0) is 55.7 Å². The van der Waals surface area contributed by atoms with Crippen molar-refractivity contribution < 1.29 is 9.90 Å². The van der Waals surface area contributed by atoms with Gasteiger partial charge in [0, 0.05) is 24.2 Å². The summed E-state index contributed by atoms with van der Waals surface area (Å²) in [7, 11) is 0. The predicted octanol–water partition coefficient (Wildman–Crippen LogP) is 2.49. The number of rotatable bonds is 5. The zero-order valence-electron chi connectivity index (χ0n) is 15.7. The van der Waals surface area contributed by atoms with E-state index in [1.807, 2.05) is 24.3 Å². The zero-order chi connectivity index (χ0) is 18.9. The van der Waals surface area contributed by atoms with Gasteiger partial charge in [0.1, 0.15) is 5.82 Å². The van der Waals surface area contributed by atoms with Gasteiger partial charge in [-0.1, -0.05) is 30.3 Å². The van der Waals surface area contributed by atoms with Gasteiger partial charge in [-0.2, -0.15) is 0 Å². The molecular formula is C22H27N3O2. The number of carbonyl (C=O) groups is 1. The van der Waals surface area contributed by atoms with E-state index in [2.05, 4.69) is 17.0 Å². The molecule has 5 heteroatoms. The van der Waals surface area contributed by atoms with Crippen molar-refractivity contribution in [2.75, 3.05) is 24.6 Å². The fraction of sp³-hybridized carbons (Fsp3) is 0.455. The number of nitrogens with zero attached hydrogens (tertiary/aromatic N) is 2. The molecule has 0 radical (unpaired) electrons. The number of aryl methyl sites for hydroxylation is 2. The van der Waals surface area contributed by atoms with Crippen molar-refractivity contribution in [1.82, 2.24) is 4.98 Å². The van der Waals surface area contributed by atoms with Gasteiger partial charge in [-0.25, -0.2) is 4.98 Å². The highest BCUT2D eigenvalue weighted by Gasteiger charge is 2.37. The zero-order valence-corrected chi connectivity index (χ0v) is 15.7. The van der Waals surface area contributed by atoms with Gasteiger partial charge in [0.15, 0.2) is 0 Å². The molecular weight excluding hydrogens is 338 g/mol. The van der Waals surface area contributed by atoms with Gasteiger partial charge in [-0.15, -0.1) is 0 Å². The highest BCUT2D eigenvalue weighted by atomic mass is 16.3. The minimum absolute atomic E-state index is 0.120. The second kappa shape index (κ2) is 7.31. The van der Waals surface area contributed by atoms with Gasteiger partial charge >= 0.3 is 0 Å². The fourth-order valence-electron chi connectivity index (χ4n) is 4.63. The molecule has 2 aromatic rings. The Morgan fingerprint density at radius 3 is 2.78 bits per heavy atom. The van der Waals surface area contributed by atoms with Crippen LogP contribution in [0, 0.1) is 5.41 Å². The molecule has 4 rings (SSSR count). The number of aromatic nitrogens is 1. The highest BCUT2D eigenvalue weighted by molar-refractivity contribution is 5.98. The summed E-state index contributed by atoms with van der Waals surface area (Å²) < 4.78 is 0. The van der Waals surface area contributed by atoms with Gasteiger partial charge in [0.2, 0.25) is 0 Å². The van der Waals surface area contributed by atoms with Crippen LogP contribution in [0.4, 0.5) is 5.82 Å². The lowest BCUT2D eigenvalue weighted by Crippen LogP contribution is -2.47. The van der Waals surface area contributed by atoms with E-state index in [-0.39, 0.29) is 12.0 Å². The van der Waals surface area contributed by atoms with E-state index in [1.165, 1.54) is 5.56 Å². The molecule has 2 aliphatic rings. The number of carbonyl (C=O) groups excluding carboxylic acids is 1. The number of hydrogen-bond donors (Lipinski definition) is 2. The van der Waals surface area contributed by atoms with E-state index < -0.39 is 5.91 Å². The van der Waals surface area contributed by atoms with Crippen LogP contribution in [-0.4, -0.2) is 35.7 Å². The van der Waals surface area contributed by atoms with Gasteiger partial charge in [0.25, 0.3) is 5.91 Å². The molecule has 0 spiro atoms. The number of fused-ring (bicyclic) bond motifs is 1. The van der Waals surface area contributed by atoms with Crippen molar-refractivity contribution in [2.45, 2.75) is 38.5 Å². The van der Waals surface area contributed by atoms with Crippen LogP contribution in [0.25, 0.3) is 0 Å². The number of primary amides is 1. The van der Waals surface area contributed by atoms with Crippen LogP contribution in [0.2, 0.25) is 0 Å². The molecule has 1 atom stereocenters. The van der Waals surface area contributed by atoms with E-state index in [0.29, 0.717) is 17.9 Å². The molecule has 1 aromatic carbocycles. The standard InChI is InChI=1S/C22H27N3O2/c23-20(27)18-12-17-8-4-9-19(17)24-21(18)25-11-5-10-22(14-25,15-26)13-16-6-2-1-3-7-16/h1-3,6-7,12,26H,4-5,8-11,13-15H2,(H2,23,27). The molecule has 1 saturated heterocycles. The lowest BCUT2D eigenvalue weighted by Gasteiger charge is -2.43. The van der Waals surface area contributed by atoms with Gasteiger partial charge in [0.05, 0.1) is 12.2 Å². The Kier molecular flexibility index (Phi) is 4.87. The Labute approximate surface area is 160 Å². The second-order valence-corrected chi connectivity index (χ2v) is 8.03. The monoisotopic (exact) mass is 365 g/mol. The number of piperidine rings is 1. The maximum Gasteiger partial charge on any atom is 0.252 e. The molecule has 1 aliphatic carbocycles. The van der Waals surface area contributed by atoms with Gasteiger partial charge in [-0.3, -0.25) is 4.79 Å². The van der Waals surface area contributed by atoms with Crippen LogP contribution in [0.15, 0.2) is 36.4 Å². The van der Waals surface area contributed by atoms with Crippen LogP contribution in [0.3, 0.4) is 0 Å². The fourth-order valence-corrected chi connectivity index (χ4v) is 4.63.